The lowest BCUT2D eigenvalue weighted by Crippen LogP contribution is -1.81. The molecule has 1 nitrogen and oxygen atoms in total. The first-order valence-corrected chi connectivity index (χ1v) is 4.40. The van der Waals surface area contributed by atoms with E-state index < -0.39 is 0 Å². The molecule has 0 atom stereocenters. The van der Waals surface area contributed by atoms with Crippen molar-refractivity contribution in [3.63, 3.8) is 0 Å². The van der Waals surface area contributed by atoms with Crippen LogP contribution in [0.2, 0.25) is 0 Å². The Morgan fingerprint density at radius 2 is 2.18 bits per heavy atom. The summed E-state index contributed by atoms with van der Waals surface area (Å²) in [5, 5.41) is 8.34. The van der Waals surface area contributed by atoms with Gasteiger partial charge in [-0.25, -0.2) is 0 Å². The molecule has 1 heteroatoms. The SMILES string of the molecule is CCCC/C(=C/CC#N)CC. The molecule has 0 rings (SSSR count). The maximum absolute atomic E-state index is 8.34. The van der Waals surface area contributed by atoms with Crippen LogP contribution in [0.4, 0.5) is 0 Å². The lowest BCUT2D eigenvalue weighted by molar-refractivity contribution is 0.763. The topological polar surface area (TPSA) is 23.8 Å². The van der Waals surface area contributed by atoms with Crippen LogP contribution in [0.3, 0.4) is 0 Å². The minimum atomic E-state index is 0.576. The average Bonchev–Trinajstić information content (AvgIpc) is 2.05. The highest BCUT2D eigenvalue weighted by Crippen LogP contribution is 2.11. The number of unbranched alkanes of at least 4 members (excludes halogenated alkanes) is 1. The zero-order valence-electron chi connectivity index (χ0n) is 7.56. The molecule has 11 heavy (non-hydrogen) atoms. The fourth-order valence-corrected chi connectivity index (χ4v) is 1.02. The summed E-state index contributed by atoms with van der Waals surface area (Å²) in [6.45, 7) is 4.34. The van der Waals surface area contributed by atoms with Crippen molar-refractivity contribution in [1.29, 1.82) is 5.26 Å². The summed E-state index contributed by atoms with van der Waals surface area (Å²) in [6, 6.07) is 2.13. The molecule has 0 saturated heterocycles. The molecule has 0 unspecified atom stereocenters. The number of allylic oxidation sites excluding steroid dienone is 2. The van der Waals surface area contributed by atoms with Gasteiger partial charge in [0.15, 0.2) is 0 Å². The minimum Gasteiger partial charge on any atom is -0.198 e. The highest BCUT2D eigenvalue weighted by atomic mass is 14.2. The van der Waals surface area contributed by atoms with Gasteiger partial charge in [-0.05, 0) is 19.3 Å². The van der Waals surface area contributed by atoms with E-state index in [1.807, 2.05) is 0 Å². The van der Waals surface area contributed by atoms with E-state index in [9.17, 15) is 0 Å². The lowest BCUT2D eigenvalue weighted by atomic mass is 10.1. The lowest BCUT2D eigenvalue weighted by Gasteiger charge is -2.00. The van der Waals surface area contributed by atoms with Gasteiger partial charge in [0, 0.05) is 0 Å². The van der Waals surface area contributed by atoms with Crippen LogP contribution in [-0.4, -0.2) is 0 Å². The summed E-state index contributed by atoms with van der Waals surface area (Å²) in [5.74, 6) is 0. The molecular formula is C10H17N. The average molecular weight is 151 g/mol. The normalized spacial score (nSPS) is 11.2. The maximum Gasteiger partial charge on any atom is 0.0663 e. The van der Waals surface area contributed by atoms with Crippen LogP contribution in [-0.2, 0) is 0 Å². The van der Waals surface area contributed by atoms with Gasteiger partial charge in [-0.3, -0.25) is 0 Å². The molecule has 0 saturated carbocycles. The van der Waals surface area contributed by atoms with Crippen LogP contribution in [0.15, 0.2) is 11.6 Å². The van der Waals surface area contributed by atoms with Gasteiger partial charge in [-0.2, -0.15) is 5.26 Å². The number of hydrogen-bond donors (Lipinski definition) is 0. The van der Waals surface area contributed by atoms with E-state index in [4.69, 9.17) is 5.26 Å². The molecule has 0 aliphatic heterocycles. The van der Waals surface area contributed by atoms with Crippen LogP contribution >= 0.6 is 0 Å². The summed E-state index contributed by atoms with van der Waals surface area (Å²) in [6.07, 6.45) is 7.41. The van der Waals surface area contributed by atoms with E-state index in [1.54, 1.807) is 0 Å². The Kier molecular flexibility index (Phi) is 6.82. The number of rotatable bonds is 5. The van der Waals surface area contributed by atoms with Crippen molar-refractivity contribution in [3.05, 3.63) is 11.6 Å². The molecule has 0 aliphatic carbocycles. The second kappa shape index (κ2) is 7.34. The summed E-state index contributed by atoms with van der Waals surface area (Å²) >= 11 is 0. The molecule has 0 aromatic carbocycles. The molecule has 62 valence electrons. The second-order valence-electron chi connectivity index (χ2n) is 2.68. The van der Waals surface area contributed by atoms with Crippen molar-refractivity contribution in [1.82, 2.24) is 0 Å². The third-order valence-corrected chi connectivity index (χ3v) is 1.79. The first kappa shape index (κ1) is 10.2. The predicted molar refractivity (Wildman–Crippen MR) is 48.1 cm³/mol. The Labute approximate surface area is 69.7 Å². The summed E-state index contributed by atoms with van der Waals surface area (Å²) in [7, 11) is 0. The third-order valence-electron chi connectivity index (χ3n) is 1.79. The molecule has 0 aromatic heterocycles. The molecule has 0 amide bonds. The minimum absolute atomic E-state index is 0.576. The Morgan fingerprint density at radius 3 is 2.64 bits per heavy atom. The predicted octanol–water partition coefficient (Wildman–Crippen LogP) is 3.43. The van der Waals surface area contributed by atoms with Crippen molar-refractivity contribution in [2.75, 3.05) is 0 Å². The molecule has 0 aliphatic rings. The van der Waals surface area contributed by atoms with Gasteiger partial charge in [-0.1, -0.05) is 31.9 Å². The molecule has 0 heterocycles. The van der Waals surface area contributed by atoms with Gasteiger partial charge in [-0.15, -0.1) is 0 Å². The van der Waals surface area contributed by atoms with Gasteiger partial charge in [0.05, 0.1) is 12.5 Å². The molecule has 0 spiro atoms. The van der Waals surface area contributed by atoms with E-state index in [2.05, 4.69) is 26.0 Å². The van der Waals surface area contributed by atoms with Crippen LogP contribution in [0.1, 0.15) is 46.0 Å². The zero-order valence-corrected chi connectivity index (χ0v) is 7.56. The van der Waals surface area contributed by atoms with Gasteiger partial charge in [0.25, 0.3) is 0 Å². The van der Waals surface area contributed by atoms with Crippen molar-refractivity contribution >= 4 is 0 Å². The van der Waals surface area contributed by atoms with E-state index >= 15 is 0 Å². The molecule has 0 bridgehead atoms. The first-order valence-electron chi connectivity index (χ1n) is 4.40. The summed E-state index contributed by atoms with van der Waals surface area (Å²) in [4.78, 5) is 0. The van der Waals surface area contributed by atoms with Crippen molar-refractivity contribution in [2.45, 2.75) is 46.0 Å². The van der Waals surface area contributed by atoms with E-state index in [-0.39, 0.29) is 0 Å². The molecule has 0 aromatic rings. The standard InChI is InChI=1S/C10H17N/c1-3-5-7-10(4-2)8-6-9-11/h8H,3-7H2,1-2H3/b10-8+. The monoisotopic (exact) mass is 151 g/mol. The number of nitrogens with zero attached hydrogens (tertiary/aromatic N) is 1. The van der Waals surface area contributed by atoms with Gasteiger partial charge < -0.3 is 0 Å². The summed E-state index contributed by atoms with van der Waals surface area (Å²) in [5.41, 5.74) is 1.44. The van der Waals surface area contributed by atoms with E-state index in [0.717, 1.165) is 6.42 Å². The highest BCUT2D eigenvalue weighted by molar-refractivity contribution is 5.04. The Bertz CT molecular complexity index is 151. The van der Waals surface area contributed by atoms with Crippen LogP contribution in [0.25, 0.3) is 0 Å². The van der Waals surface area contributed by atoms with Crippen molar-refractivity contribution < 1.29 is 0 Å². The number of nitriles is 1. The van der Waals surface area contributed by atoms with E-state index in [0.29, 0.717) is 6.42 Å². The Hall–Kier alpha value is -0.770. The van der Waals surface area contributed by atoms with E-state index in [1.165, 1.54) is 24.8 Å². The Balaban J connectivity index is 3.66. The summed E-state index contributed by atoms with van der Waals surface area (Å²) < 4.78 is 0. The first-order chi connectivity index (χ1) is 5.35. The zero-order chi connectivity index (χ0) is 8.53. The van der Waals surface area contributed by atoms with Crippen LogP contribution in [0, 0.1) is 11.3 Å². The third kappa shape index (κ3) is 5.66. The van der Waals surface area contributed by atoms with Gasteiger partial charge in [0.2, 0.25) is 0 Å². The molecule has 0 fully saturated rings. The van der Waals surface area contributed by atoms with Gasteiger partial charge in [0.1, 0.15) is 0 Å². The quantitative estimate of drug-likeness (QED) is 0.552. The highest BCUT2D eigenvalue weighted by Gasteiger charge is 1.91. The van der Waals surface area contributed by atoms with Crippen molar-refractivity contribution in [3.8, 4) is 6.07 Å². The fraction of sp³-hybridized carbons (Fsp3) is 0.700. The molecule has 0 N–H and O–H groups in total. The molecular weight excluding hydrogens is 134 g/mol. The van der Waals surface area contributed by atoms with Gasteiger partial charge >= 0.3 is 0 Å². The number of hydrogen-bond acceptors (Lipinski definition) is 1. The van der Waals surface area contributed by atoms with Crippen molar-refractivity contribution in [2.24, 2.45) is 0 Å². The van der Waals surface area contributed by atoms with Crippen LogP contribution < -0.4 is 0 Å². The molecule has 0 radical (unpaired) electrons. The smallest absolute Gasteiger partial charge is 0.0663 e. The Morgan fingerprint density at radius 1 is 1.45 bits per heavy atom. The van der Waals surface area contributed by atoms with Crippen LogP contribution in [0.5, 0.6) is 0 Å². The second-order valence-corrected chi connectivity index (χ2v) is 2.68. The largest absolute Gasteiger partial charge is 0.198 e. The fourth-order valence-electron chi connectivity index (χ4n) is 1.02. The maximum atomic E-state index is 8.34.